The smallest absolute Gasteiger partial charge is 0.243 e. The average Bonchev–Trinajstić information content (AvgIpc) is 3.15. The number of hydrogen-bond donors (Lipinski definition) is 1. The van der Waals surface area contributed by atoms with E-state index in [1.54, 1.807) is 11.3 Å². The first kappa shape index (κ1) is 22.5. The number of nitrogens with zero attached hydrogens (tertiary/aromatic N) is 4. The minimum absolute atomic E-state index is 0.0725. The molecule has 3 heterocycles. The van der Waals surface area contributed by atoms with E-state index < -0.39 is 0 Å². The summed E-state index contributed by atoms with van der Waals surface area (Å²) in [6, 6.07) is 8.00. The third kappa shape index (κ3) is 5.19. The van der Waals surface area contributed by atoms with Gasteiger partial charge in [-0.05, 0) is 54.5 Å². The predicted molar refractivity (Wildman–Crippen MR) is 132 cm³/mol. The summed E-state index contributed by atoms with van der Waals surface area (Å²) in [5.41, 5.74) is 3.19. The highest BCUT2D eigenvalue weighted by atomic mass is 32.1. The molecule has 2 aromatic heterocycles. The van der Waals surface area contributed by atoms with E-state index in [0.29, 0.717) is 5.92 Å². The Bertz CT molecular complexity index is 1070. The van der Waals surface area contributed by atoms with E-state index >= 15 is 0 Å². The number of morpholine rings is 1. The summed E-state index contributed by atoms with van der Waals surface area (Å²) in [5, 5.41) is 6.25. The van der Waals surface area contributed by atoms with Gasteiger partial charge >= 0.3 is 0 Å². The van der Waals surface area contributed by atoms with Crippen molar-refractivity contribution in [3.8, 4) is 0 Å². The number of anilines is 3. The molecular formula is C24H31N5O2S. The number of carbonyl (C=O) groups excluding carboxylic acids is 1. The quantitative estimate of drug-likeness (QED) is 0.581. The van der Waals surface area contributed by atoms with Crippen LogP contribution in [0.15, 0.2) is 29.6 Å². The molecule has 0 spiro atoms. The highest BCUT2D eigenvalue weighted by Gasteiger charge is 2.19. The Labute approximate surface area is 193 Å². The fourth-order valence-corrected chi connectivity index (χ4v) is 5.01. The fraction of sp³-hybridized carbons (Fsp3) is 0.458. The van der Waals surface area contributed by atoms with Crippen LogP contribution in [0, 0.1) is 12.8 Å². The molecule has 1 aliphatic heterocycles. The first-order valence-corrected chi connectivity index (χ1v) is 12.0. The van der Waals surface area contributed by atoms with Crippen LogP contribution in [-0.4, -0.2) is 55.8 Å². The molecule has 1 N–H and O–H groups in total. The van der Waals surface area contributed by atoms with Crippen molar-refractivity contribution >= 4 is 44.7 Å². The first-order valence-electron chi connectivity index (χ1n) is 11.1. The maximum atomic E-state index is 12.8. The van der Waals surface area contributed by atoms with Crippen molar-refractivity contribution in [2.45, 2.75) is 27.2 Å². The number of hydrogen-bond acceptors (Lipinski definition) is 7. The van der Waals surface area contributed by atoms with Crippen molar-refractivity contribution < 1.29 is 9.53 Å². The number of carbonyl (C=O) groups is 1. The number of fused-ring (bicyclic) bond motifs is 1. The summed E-state index contributed by atoms with van der Waals surface area (Å²) in [6.07, 6.45) is 0.967. The van der Waals surface area contributed by atoms with Crippen LogP contribution < -0.4 is 15.1 Å². The largest absolute Gasteiger partial charge is 0.378 e. The van der Waals surface area contributed by atoms with Crippen molar-refractivity contribution in [2.75, 3.05) is 55.0 Å². The van der Waals surface area contributed by atoms with Gasteiger partial charge in [0.05, 0.1) is 25.1 Å². The topological polar surface area (TPSA) is 70.6 Å². The van der Waals surface area contributed by atoms with Crippen LogP contribution in [-0.2, 0) is 16.0 Å². The van der Waals surface area contributed by atoms with E-state index in [2.05, 4.69) is 34.4 Å². The molecule has 0 radical (unpaired) electrons. The van der Waals surface area contributed by atoms with Gasteiger partial charge in [-0.1, -0.05) is 13.8 Å². The normalized spacial score (nSPS) is 14.2. The zero-order chi connectivity index (χ0) is 22.7. The summed E-state index contributed by atoms with van der Waals surface area (Å²) in [7, 11) is 1.92. The summed E-state index contributed by atoms with van der Waals surface area (Å²) in [5.74, 6) is 2.01. The Morgan fingerprint density at radius 1 is 1.22 bits per heavy atom. The van der Waals surface area contributed by atoms with Crippen molar-refractivity contribution in [1.29, 1.82) is 0 Å². The second kappa shape index (κ2) is 9.83. The van der Waals surface area contributed by atoms with Crippen LogP contribution in [0.5, 0.6) is 0 Å². The number of ether oxygens (including phenoxy) is 1. The van der Waals surface area contributed by atoms with E-state index in [9.17, 15) is 4.79 Å². The number of rotatable bonds is 7. The lowest BCUT2D eigenvalue weighted by Crippen LogP contribution is -2.36. The number of nitrogens with one attached hydrogen (secondary N) is 1. The number of aryl methyl sites for hydroxylation is 1. The van der Waals surface area contributed by atoms with Gasteiger partial charge in [0.15, 0.2) is 0 Å². The lowest BCUT2D eigenvalue weighted by Gasteiger charge is -2.29. The predicted octanol–water partition coefficient (Wildman–Crippen LogP) is 4.11. The summed E-state index contributed by atoms with van der Waals surface area (Å²) in [6.45, 7) is 9.82. The lowest BCUT2D eigenvalue weighted by molar-refractivity contribution is -0.114. The third-order valence-corrected chi connectivity index (χ3v) is 6.42. The number of thiophene rings is 1. The summed E-state index contributed by atoms with van der Waals surface area (Å²) >= 11 is 1.65. The third-order valence-electron chi connectivity index (χ3n) is 5.50. The molecule has 0 atom stereocenters. The molecule has 0 bridgehead atoms. The lowest BCUT2D eigenvalue weighted by atomic mass is 10.0. The molecule has 3 aromatic rings. The molecule has 32 heavy (non-hydrogen) atoms. The molecule has 0 aliphatic carbocycles. The van der Waals surface area contributed by atoms with E-state index in [1.165, 1.54) is 5.56 Å². The van der Waals surface area contributed by atoms with Crippen molar-refractivity contribution in [1.82, 2.24) is 9.97 Å². The van der Waals surface area contributed by atoms with Gasteiger partial charge in [-0.15, -0.1) is 11.3 Å². The second-order valence-electron chi connectivity index (χ2n) is 8.68. The van der Waals surface area contributed by atoms with Crippen LogP contribution in [0.2, 0.25) is 0 Å². The van der Waals surface area contributed by atoms with Crippen molar-refractivity contribution in [3.05, 3.63) is 41.0 Å². The van der Waals surface area contributed by atoms with Crippen LogP contribution in [0.4, 0.5) is 17.2 Å². The van der Waals surface area contributed by atoms with Crippen LogP contribution in [0.25, 0.3) is 10.2 Å². The van der Waals surface area contributed by atoms with E-state index in [4.69, 9.17) is 9.72 Å². The SMILES string of the molecule is Cc1nc(N(C)CC(=O)Nc2ccc(N3CCOCC3)cc2)c2c(CC(C)C)csc2n1. The van der Waals surface area contributed by atoms with E-state index in [0.717, 1.165) is 66.0 Å². The molecular weight excluding hydrogens is 422 g/mol. The highest BCUT2D eigenvalue weighted by molar-refractivity contribution is 7.17. The van der Waals surface area contributed by atoms with Gasteiger partial charge in [0.2, 0.25) is 5.91 Å². The average molecular weight is 454 g/mol. The van der Waals surface area contributed by atoms with Gasteiger partial charge < -0.3 is 19.9 Å². The van der Waals surface area contributed by atoms with Crippen molar-refractivity contribution in [3.63, 3.8) is 0 Å². The Kier molecular flexibility index (Phi) is 6.91. The minimum Gasteiger partial charge on any atom is -0.378 e. The molecule has 7 nitrogen and oxygen atoms in total. The van der Waals surface area contributed by atoms with Gasteiger partial charge in [0, 0.05) is 31.5 Å². The van der Waals surface area contributed by atoms with Crippen LogP contribution in [0.1, 0.15) is 25.2 Å². The number of amides is 1. The van der Waals surface area contributed by atoms with Crippen LogP contribution >= 0.6 is 11.3 Å². The molecule has 1 saturated heterocycles. The number of aromatic nitrogens is 2. The first-order chi connectivity index (χ1) is 15.4. The summed E-state index contributed by atoms with van der Waals surface area (Å²) < 4.78 is 5.41. The zero-order valence-electron chi connectivity index (χ0n) is 19.2. The number of benzene rings is 1. The molecule has 170 valence electrons. The molecule has 4 rings (SSSR count). The highest BCUT2D eigenvalue weighted by Crippen LogP contribution is 2.33. The zero-order valence-corrected chi connectivity index (χ0v) is 20.0. The minimum atomic E-state index is -0.0725. The summed E-state index contributed by atoms with van der Waals surface area (Å²) in [4.78, 5) is 27.3. The molecule has 1 aromatic carbocycles. The fourth-order valence-electron chi connectivity index (χ4n) is 4.02. The maximum absolute atomic E-state index is 12.8. The van der Waals surface area contributed by atoms with Gasteiger partial charge in [0.1, 0.15) is 16.5 Å². The monoisotopic (exact) mass is 453 g/mol. The molecule has 0 unspecified atom stereocenters. The Balaban J connectivity index is 1.45. The van der Waals surface area contributed by atoms with Gasteiger partial charge in [-0.2, -0.15) is 0 Å². The van der Waals surface area contributed by atoms with Crippen LogP contribution in [0.3, 0.4) is 0 Å². The van der Waals surface area contributed by atoms with E-state index in [-0.39, 0.29) is 12.5 Å². The molecule has 8 heteroatoms. The standard InChI is InChI=1S/C24H31N5O2S/c1-16(2)13-18-15-32-24-22(18)23(25-17(3)26-24)28(4)14-21(30)27-19-5-7-20(8-6-19)29-9-11-31-12-10-29/h5-8,15-16H,9-14H2,1-4H3,(H,27,30). The Morgan fingerprint density at radius 2 is 1.94 bits per heavy atom. The Hall–Kier alpha value is -2.71. The maximum Gasteiger partial charge on any atom is 0.243 e. The van der Waals surface area contributed by atoms with Gasteiger partial charge in [-0.3, -0.25) is 4.79 Å². The molecule has 1 amide bonds. The van der Waals surface area contributed by atoms with Gasteiger partial charge in [0.25, 0.3) is 0 Å². The number of likely N-dealkylation sites (N-methyl/N-ethyl adjacent to an activating group) is 1. The molecule has 1 aliphatic rings. The second-order valence-corrected chi connectivity index (χ2v) is 9.54. The molecule has 1 fully saturated rings. The van der Waals surface area contributed by atoms with Gasteiger partial charge in [-0.25, -0.2) is 9.97 Å². The Morgan fingerprint density at radius 3 is 2.62 bits per heavy atom. The van der Waals surface area contributed by atoms with Crippen molar-refractivity contribution in [2.24, 2.45) is 5.92 Å². The molecule has 0 saturated carbocycles. The van der Waals surface area contributed by atoms with E-state index in [1.807, 2.05) is 43.1 Å².